The van der Waals surface area contributed by atoms with E-state index in [1.54, 1.807) is 43.3 Å². The van der Waals surface area contributed by atoms with E-state index in [1.165, 1.54) is 43.0 Å². The number of aliphatic hydroxyl groups excluding tert-OH is 2. The maximum atomic E-state index is 13.3. The Morgan fingerprint density at radius 1 is 0.977 bits per heavy atom. The van der Waals surface area contributed by atoms with Crippen molar-refractivity contribution in [3.05, 3.63) is 119 Å². The van der Waals surface area contributed by atoms with E-state index in [9.17, 15) is 29.5 Å². The molecule has 43 heavy (non-hydrogen) atoms. The number of nitriles is 1. The molecule has 0 aliphatic heterocycles. The van der Waals surface area contributed by atoms with Crippen molar-refractivity contribution in [2.75, 3.05) is 5.32 Å². The summed E-state index contributed by atoms with van der Waals surface area (Å²) in [5.41, 5.74) is 7.79. The maximum Gasteiger partial charge on any atom is 0.272 e. The van der Waals surface area contributed by atoms with Crippen LogP contribution in [0.4, 0.5) is 10.2 Å². The Hall–Kier alpha value is -5.29. The lowest BCUT2D eigenvalue weighted by atomic mass is 9.98. The molecule has 13 heteroatoms. The molecule has 4 atom stereocenters. The fourth-order valence-electron chi connectivity index (χ4n) is 4.17. The number of nitrogens with one attached hydrogen (secondary N) is 3. The van der Waals surface area contributed by atoms with Gasteiger partial charge in [-0.05, 0) is 41.8 Å². The molecule has 0 fully saturated rings. The third-order valence-electron chi connectivity index (χ3n) is 6.55. The first-order chi connectivity index (χ1) is 20.7. The van der Waals surface area contributed by atoms with Gasteiger partial charge in [0.2, 0.25) is 0 Å². The molecule has 2 aromatic carbocycles. The van der Waals surface area contributed by atoms with Crippen molar-refractivity contribution in [3.8, 4) is 6.07 Å². The highest BCUT2D eigenvalue weighted by atomic mass is 19.1. The second-order valence-electron chi connectivity index (χ2n) is 9.60. The minimum Gasteiger partial charge on any atom is -0.386 e. The molecular formula is C30H29FN8O4. The molecule has 0 aliphatic carbocycles. The molecule has 0 saturated carbocycles. The molecule has 12 nitrogen and oxygen atoms in total. The van der Waals surface area contributed by atoms with Gasteiger partial charge in [-0.3, -0.25) is 14.6 Å². The van der Waals surface area contributed by atoms with Crippen molar-refractivity contribution < 1.29 is 24.2 Å². The number of halogens is 1. The molecule has 0 saturated heterocycles. The molecule has 0 aliphatic rings. The van der Waals surface area contributed by atoms with Gasteiger partial charge in [0, 0.05) is 25.1 Å². The van der Waals surface area contributed by atoms with Gasteiger partial charge in [0.1, 0.15) is 35.7 Å². The number of amides is 2. The third-order valence-corrected chi connectivity index (χ3v) is 6.55. The van der Waals surface area contributed by atoms with Crippen LogP contribution in [-0.2, 0) is 6.54 Å². The summed E-state index contributed by atoms with van der Waals surface area (Å²) in [5, 5.41) is 38.2. The zero-order valence-corrected chi connectivity index (χ0v) is 23.0. The average molecular weight is 585 g/mol. The number of benzene rings is 2. The van der Waals surface area contributed by atoms with Crippen molar-refractivity contribution in [1.82, 2.24) is 25.6 Å². The largest absolute Gasteiger partial charge is 0.386 e. The van der Waals surface area contributed by atoms with Crippen LogP contribution in [0.3, 0.4) is 0 Å². The van der Waals surface area contributed by atoms with Crippen molar-refractivity contribution in [1.29, 1.82) is 5.26 Å². The summed E-state index contributed by atoms with van der Waals surface area (Å²) in [5.74, 6) is -1.24. The fourth-order valence-corrected chi connectivity index (χ4v) is 4.17. The number of rotatable bonds is 11. The third kappa shape index (κ3) is 7.92. The standard InChI is InChI=1S/C30H29FN8O4/c1-17(20-6-8-22(31)9-7-20)38-29(42)23-12-19(13-32)15-37-28(23)36-14-18-2-4-21(5-3-18)25(26(40)27(33)41)39-30(43)24-16-34-10-11-35-24/h2-12,15-17,25-27,40-41H,14,33H2,1H3,(H,36,37)(H,38,42)(H,39,43)/t17-,25?,26?,27?/m0/s1. The van der Waals surface area contributed by atoms with E-state index < -0.39 is 36.2 Å². The number of hydrogen-bond acceptors (Lipinski definition) is 10. The number of anilines is 1. The Balaban J connectivity index is 1.48. The first-order valence-corrected chi connectivity index (χ1v) is 13.1. The van der Waals surface area contributed by atoms with Crippen LogP contribution < -0.4 is 21.7 Å². The number of pyridine rings is 1. The minimum atomic E-state index is -1.63. The number of aliphatic hydroxyl groups is 2. The Bertz CT molecular complexity index is 1600. The normalized spacial score (nSPS) is 13.6. The molecule has 2 amide bonds. The van der Waals surface area contributed by atoms with Crippen LogP contribution in [0.15, 0.2) is 79.4 Å². The molecule has 4 rings (SSSR count). The van der Waals surface area contributed by atoms with E-state index in [-0.39, 0.29) is 35.0 Å². The van der Waals surface area contributed by atoms with Crippen molar-refractivity contribution in [3.63, 3.8) is 0 Å². The molecule has 2 heterocycles. The molecule has 7 N–H and O–H groups in total. The number of carbonyl (C=O) groups is 2. The highest BCUT2D eigenvalue weighted by Crippen LogP contribution is 2.22. The molecule has 0 bridgehead atoms. The van der Waals surface area contributed by atoms with Gasteiger partial charge < -0.3 is 31.9 Å². The highest BCUT2D eigenvalue weighted by Gasteiger charge is 2.28. The van der Waals surface area contributed by atoms with Gasteiger partial charge in [-0.2, -0.15) is 5.26 Å². The van der Waals surface area contributed by atoms with Crippen LogP contribution in [0.5, 0.6) is 0 Å². The lowest BCUT2D eigenvalue weighted by Gasteiger charge is -2.26. The van der Waals surface area contributed by atoms with E-state index in [4.69, 9.17) is 5.73 Å². The predicted octanol–water partition coefficient (Wildman–Crippen LogP) is 2.09. The quantitative estimate of drug-likeness (QED) is 0.142. The first-order valence-electron chi connectivity index (χ1n) is 13.1. The topological polar surface area (TPSA) is 199 Å². The Morgan fingerprint density at radius 2 is 1.67 bits per heavy atom. The average Bonchev–Trinajstić information content (AvgIpc) is 3.03. The lowest BCUT2D eigenvalue weighted by Crippen LogP contribution is -2.46. The van der Waals surface area contributed by atoms with Gasteiger partial charge in [-0.1, -0.05) is 36.4 Å². The van der Waals surface area contributed by atoms with E-state index in [0.717, 1.165) is 5.56 Å². The van der Waals surface area contributed by atoms with E-state index >= 15 is 0 Å². The second-order valence-corrected chi connectivity index (χ2v) is 9.60. The SMILES string of the molecule is C[C@H](NC(=O)c1cc(C#N)cnc1NCc1ccc(C(NC(=O)c2cnccn2)C(O)C(N)O)cc1)c1ccc(F)cc1. The Kier molecular flexibility index (Phi) is 10.0. The van der Waals surface area contributed by atoms with E-state index in [1.807, 2.05) is 6.07 Å². The Morgan fingerprint density at radius 3 is 2.30 bits per heavy atom. The summed E-state index contributed by atoms with van der Waals surface area (Å²) in [6.45, 7) is 1.98. The van der Waals surface area contributed by atoms with Crippen LogP contribution in [0.2, 0.25) is 0 Å². The minimum absolute atomic E-state index is 0.0221. The van der Waals surface area contributed by atoms with Crippen LogP contribution in [-0.4, -0.2) is 49.3 Å². The number of nitrogens with two attached hydrogens (primary N) is 1. The van der Waals surface area contributed by atoms with Crippen LogP contribution in [0.25, 0.3) is 0 Å². The predicted molar refractivity (Wildman–Crippen MR) is 153 cm³/mol. The van der Waals surface area contributed by atoms with Crippen molar-refractivity contribution in [2.24, 2.45) is 5.73 Å². The van der Waals surface area contributed by atoms with Crippen LogP contribution in [0.1, 0.15) is 62.1 Å². The lowest BCUT2D eigenvalue weighted by molar-refractivity contribution is -0.000218. The van der Waals surface area contributed by atoms with Crippen molar-refractivity contribution in [2.45, 2.75) is 37.9 Å². The maximum absolute atomic E-state index is 13.3. The number of hydrogen-bond donors (Lipinski definition) is 6. The zero-order chi connectivity index (χ0) is 30.9. The molecule has 2 aromatic heterocycles. The number of carbonyl (C=O) groups excluding carboxylic acids is 2. The highest BCUT2D eigenvalue weighted by molar-refractivity contribution is 5.99. The van der Waals surface area contributed by atoms with Gasteiger partial charge in [-0.15, -0.1) is 0 Å². The van der Waals surface area contributed by atoms with Crippen molar-refractivity contribution >= 4 is 17.6 Å². The molecule has 0 spiro atoms. The molecular weight excluding hydrogens is 555 g/mol. The summed E-state index contributed by atoms with van der Waals surface area (Å²) in [7, 11) is 0. The molecule has 220 valence electrons. The summed E-state index contributed by atoms with van der Waals surface area (Å²) in [6.07, 6.45) is 2.22. The second kappa shape index (κ2) is 14.1. The molecule has 4 aromatic rings. The van der Waals surface area contributed by atoms with E-state index in [2.05, 4.69) is 30.9 Å². The smallest absolute Gasteiger partial charge is 0.272 e. The van der Waals surface area contributed by atoms with Gasteiger partial charge in [0.15, 0.2) is 0 Å². The summed E-state index contributed by atoms with van der Waals surface area (Å²) >= 11 is 0. The van der Waals surface area contributed by atoms with Gasteiger partial charge >= 0.3 is 0 Å². The van der Waals surface area contributed by atoms with E-state index in [0.29, 0.717) is 11.1 Å². The summed E-state index contributed by atoms with van der Waals surface area (Å²) in [6, 6.07) is 14.4. The monoisotopic (exact) mass is 584 g/mol. The molecule has 0 radical (unpaired) electrons. The summed E-state index contributed by atoms with van der Waals surface area (Å²) in [4.78, 5) is 37.8. The van der Waals surface area contributed by atoms with Gasteiger partial charge in [-0.25, -0.2) is 14.4 Å². The first kappa shape index (κ1) is 30.7. The number of aromatic nitrogens is 3. The fraction of sp³-hybridized carbons (Fsp3) is 0.200. The Labute approximate surface area is 246 Å². The van der Waals surface area contributed by atoms with Crippen LogP contribution >= 0.6 is 0 Å². The van der Waals surface area contributed by atoms with Crippen LogP contribution in [0, 0.1) is 17.1 Å². The van der Waals surface area contributed by atoms with Gasteiger partial charge in [0.25, 0.3) is 11.8 Å². The number of nitrogens with zero attached hydrogens (tertiary/aromatic N) is 4. The zero-order valence-electron chi connectivity index (χ0n) is 23.0. The molecule has 3 unspecified atom stereocenters. The van der Waals surface area contributed by atoms with Gasteiger partial charge in [0.05, 0.1) is 29.4 Å². The summed E-state index contributed by atoms with van der Waals surface area (Å²) < 4.78 is 13.3.